The summed E-state index contributed by atoms with van der Waals surface area (Å²) in [5.41, 5.74) is 1.55. The number of phenolic OH excluding ortho intramolecular Hbond substituents is 1. The summed E-state index contributed by atoms with van der Waals surface area (Å²) in [6, 6.07) is 6.58. The molecule has 0 aliphatic carbocycles. The van der Waals surface area contributed by atoms with Crippen LogP contribution >= 0.6 is 0 Å². The normalized spacial score (nSPS) is 23.4. The van der Waals surface area contributed by atoms with Gasteiger partial charge in [0.2, 0.25) is 0 Å². The highest BCUT2D eigenvalue weighted by Gasteiger charge is 2.48. The number of phenols is 1. The number of aromatic hydroxyl groups is 1. The molecule has 1 saturated heterocycles. The Hall–Kier alpha value is -3.53. The standard InChI is InChI=1S/C23H23NO3/c1-5-9-21-20(8-4)22(27)24-23(21,17-11-14-19(26)15-12-17)16(6-2)10-13-18(25)7-3/h5-15,25-26H,1-3H2,4H3,(H,24,27)/b16-10+,18-13+,20-8+,21-9?. The lowest BCUT2D eigenvalue weighted by atomic mass is 9.76. The molecule has 1 aliphatic heterocycles. The number of hydrogen-bond acceptors (Lipinski definition) is 3. The van der Waals surface area contributed by atoms with Crippen molar-refractivity contribution in [2.45, 2.75) is 12.5 Å². The molecule has 4 heteroatoms. The summed E-state index contributed by atoms with van der Waals surface area (Å²) in [7, 11) is 0. The number of amides is 1. The van der Waals surface area contributed by atoms with Gasteiger partial charge in [0.05, 0.1) is 0 Å². The van der Waals surface area contributed by atoms with Crippen LogP contribution in [0.4, 0.5) is 0 Å². The Morgan fingerprint density at radius 2 is 1.78 bits per heavy atom. The summed E-state index contributed by atoms with van der Waals surface area (Å²) in [5.74, 6) is -0.129. The SMILES string of the molecule is C=CC=C1/C(=C\C)C(=O)NC1(/C(C=C)=C/C=C(/O)C=C)c1ccc(O)cc1. The van der Waals surface area contributed by atoms with Gasteiger partial charge in [0.1, 0.15) is 17.0 Å². The number of carbonyl (C=O) groups excluding carboxylic acids is 1. The van der Waals surface area contributed by atoms with Gasteiger partial charge in [-0.05, 0) is 47.9 Å². The highest BCUT2D eigenvalue weighted by Crippen LogP contribution is 2.45. The van der Waals surface area contributed by atoms with E-state index in [1.165, 1.54) is 12.2 Å². The molecule has 138 valence electrons. The molecular weight excluding hydrogens is 338 g/mol. The van der Waals surface area contributed by atoms with Crippen LogP contribution in [0, 0.1) is 0 Å². The summed E-state index contributed by atoms with van der Waals surface area (Å²) in [4.78, 5) is 12.7. The van der Waals surface area contributed by atoms with Crippen molar-refractivity contribution in [1.29, 1.82) is 0 Å². The lowest BCUT2D eigenvalue weighted by Gasteiger charge is -2.33. The summed E-state index contributed by atoms with van der Waals surface area (Å²) in [6.07, 6.45) is 11.2. The van der Waals surface area contributed by atoms with Crippen LogP contribution in [-0.2, 0) is 10.3 Å². The zero-order chi connectivity index (χ0) is 20.0. The Labute approximate surface area is 159 Å². The van der Waals surface area contributed by atoms with E-state index in [9.17, 15) is 15.0 Å². The van der Waals surface area contributed by atoms with Crippen LogP contribution in [0.1, 0.15) is 12.5 Å². The predicted octanol–water partition coefficient (Wildman–Crippen LogP) is 4.52. The molecule has 4 nitrogen and oxygen atoms in total. The molecule has 1 heterocycles. The number of aliphatic hydroxyl groups is 1. The molecule has 3 N–H and O–H groups in total. The second kappa shape index (κ2) is 8.23. The van der Waals surface area contributed by atoms with E-state index in [-0.39, 0.29) is 17.4 Å². The first-order chi connectivity index (χ1) is 12.9. The molecule has 1 aromatic rings. The minimum absolute atomic E-state index is 0.0139. The predicted molar refractivity (Wildman–Crippen MR) is 109 cm³/mol. The minimum Gasteiger partial charge on any atom is -0.508 e. The zero-order valence-corrected chi connectivity index (χ0v) is 15.3. The maximum Gasteiger partial charge on any atom is 0.252 e. The van der Waals surface area contributed by atoms with Crippen molar-refractivity contribution in [3.63, 3.8) is 0 Å². The van der Waals surface area contributed by atoms with Crippen LogP contribution in [0.15, 0.2) is 109 Å². The van der Waals surface area contributed by atoms with Gasteiger partial charge in [0.15, 0.2) is 0 Å². The van der Waals surface area contributed by atoms with Gasteiger partial charge in [0.25, 0.3) is 5.91 Å². The first kappa shape index (κ1) is 19.8. The molecule has 1 atom stereocenters. The molecule has 1 unspecified atom stereocenters. The second-order valence-electron chi connectivity index (χ2n) is 5.89. The van der Waals surface area contributed by atoms with Crippen LogP contribution in [0.2, 0.25) is 0 Å². The van der Waals surface area contributed by atoms with E-state index in [1.807, 2.05) is 0 Å². The second-order valence-corrected chi connectivity index (χ2v) is 5.89. The monoisotopic (exact) mass is 361 g/mol. The number of benzene rings is 1. The van der Waals surface area contributed by atoms with Gasteiger partial charge in [-0.15, -0.1) is 0 Å². The van der Waals surface area contributed by atoms with Crippen molar-refractivity contribution in [2.24, 2.45) is 0 Å². The molecule has 0 aromatic heterocycles. The summed E-state index contributed by atoms with van der Waals surface area (Å²) >= 11 is 0. The molecule has 0 bridgehead atoms. The van der Waals surface area contributed by atoms with E-state index >= 15 is 0 Å². The van der Waals surface area contributed by atoms with Gasteiger partial charge in [-0.2, -0.15) is 0 Å². The van der Waals surface area contributed by atoms with E-state index in [2.05, 4.69) is 25.1 Å². The van der Waals surface area contributed by atoms with Gasteiger partial charge >= 0.3 is 0 Å². The topological polar surface area (TPSA) is 69.6 Å². The number of hydrogen-bond donors (Lipinski definition) is 3. The molecule has 1 aromatic carbocycles. The number of allylic oxidation sites excluding steroid dienone is 6. The highest BCUT2D eigenvalue weighted by molar-refractivity contribution is 6.04. The third-order valence-corrected chi connectivity index (χ3v) is 4.41. The minimum atomic E-state index is -1.04. The first-order valence-corrected chi connectivity index (χ1v) is 8.42. The van der Waals surface area contributed by atoms with Crippen LogP contribution in [0.5, 0.6) is 5.75 Å². The maximum atomic E-state index is 12.7. The van der Waals surface area contributed by atoms with Crippen molar-refractivity contribution in [3.05, 3.63) is 115 Å². The van der Waals surface area contributed by atoms with Crippen molar-refractivity contribution >= 4 is 5.91 Å². The Morgan fingerprint density at radius 3 is 2.30 bits per heavy atom. The molecular formula is C23H23NO3. The van der Waals surface area contributed by atoms with Gasteiger partial charge in [0, 0.05) is 5.57 Å². The molecule has 27 heavy (non-hydrogen) atoms. The Morgan fingerprint density at radius 1 is 1.11 bits per heavy atom. The fraction of sp³-hybridized carbons (Fsp3) is 0.0870. The van der Waals surface area contributed by atoms with E-state index < -0.39 is 5.54 Å². The van der Waals surface area contributed by atoms with Crippen LogP contribution in [0.3, 0.4) is 0 Å². The van der Waals surface area contributed by atoms with E-state index in [1.54, 1.807) is 61.6 Å². The molecule has 1 aliphatic rings. The zero-order valence-electron chi connectivity index (χ0n) is 15.3. The fourth-order valence-electron chi connectivity index (χ4n) is 3.17. The van der Waals surface area contributed by atoms with E-state index in [0.29, 0.717) is 16.7 Å². The number of carbonyl (C=O) groups is 1. The lowest BCUT2D eigenvalue weighted by molar-refractivity contribution is -0.117. The average molecular weight is 361 g/mol. The van der Waals surface area contributed by atoms with Crippen LogP contribution in [-0.4, -0.2) is 16.1 Å². The molecule has 2 rings (SSSR count). The molecule has 0 saturated carbocycles. The largest absolute Gasteiger partial charge is 0.508 e. The van der Waals surface area contributed by atoms with Gasteiger partial charge in [-0.25, -0.2) is 0 Å². The quantitative estimate of drug-likeness (QED) is 0.396. The number of rotatable bonds is 6. The maximum absolute atomic E-state index is 12.7. The fourth-order valence-corrected chi connectivity index (χ4v) is 3.17. The van der Waals surface area contributed by atoms with Crippen molar-refractivity contribution in [2.75, 3.05) is 0 Å². The summed E-state index contributed by atoms with van der Waals surface area (Å²) in [5, 5.41) is 22.5. The summed E-state index contributed by atoms with van der Waals surface area (Å²) < 4.78 is 0. The first-order valence-electron chi connectivity index (χ1n) is 8.42. The van der Waals surface area contributed by atoms with Crippen molar-refractivity contribution < 1.29 is 15.0 Å². The number of aliphatic hydroxyl groups excluding tert-OH is 1. The Bertz CT molecular complexity index is 898. The van der Waals surface area contributed by atoms with Gasteiger partial charge in [-0.1, -0.05) is 62.2 Å². The molecule has 0 radical (unpaired) electrons. The number of nitrogens with one attached hydrogen (secondary N) is 1. The van der Waals surface area contributed by atoms with Crippen molar-refractivity contribution in [1.82, 2.24) is 5.32 Å². The molecule has 0 spiro atoms. The molecule has 1 fully saturated rings. The average Bonchev–Trinajstić information content (AvgIpc) is 2.95. The van der Waals surface area contributed by atoms with Crippen LogP contribution in [0.25, 0.3) is 0 Å². The van der Waals surface area contributed by atoms with E-state index in [0.717, 1.165) is 5.56 Å². The molecule has 1 amide bonds. The van der Waals surface area contributed by atoms with Crippen molar-refractivity contribution in [3.8, 4) is 5.75 Å². The smallest absolute Gasteiger partial charge is 0.252 e. The van der Waals surface area contributed by atoms with E-state index in [4.69, 9.17) is 0 Å². The summed E-state index contributed by atoms with van der Waals surface area (Å²) in [6.45, 7) is 13.0. The highest BCUT2D eigenvalue weighted by atomic mass is 16.3. The lowest BCUT2D eigenvalue weighted by Crippen LogP contribution is -2.41. The third kappa shape index (κ3) is 3.55. The van der Waals surface area contributed by atoms with Gasteiger partial charge < -0.3 is 15.5 Å². The third-order valence-electron chi connectivity index (χ3n) is 4.41. The van der Waals surface area contributed by atoms with Crippen LogP contribution < -0.4 is 5.32 Å². The van der Waals surface area contributed by atoms with Gasteiger partial charge in [-0.3, -0.25) is 4.79 Å². The Balaban J connectivity index is 2.88. The Kier molecular flexibility index (Phi) is 6.03.